The Kier molecular flexibility index (Phi) is 2.15. The van der Waals surface area contributed by atoms with Gasteiger partial charge < -0.3 is 4.98 Å². The van der Waals surface area contributed by atoms with Crippen LogP contribution >= 0.6 is 23.6 Å². The number of thiophene rings is 1. The molecule has 0 aliphatic carbocycles. The molecule has 3 nitrogen and oxygen atoms in total. The van der Waals surface area contributed by atoms with E-state index in [1.807, 2.05) is 35.1 Å². The van der Waals surface area contributed by atoms with Crippen molar-refractivity contribution in [1.29, 1.82) is 0 Å². The molecule has 0 fully saturated rings. The van der Waals surface area contributed by atoms with Crippen LogP contribution in [0.4, 0.5) is 0 Å². The normalized spacial score (nSPS) is 11.1. The molecule has 0 amide bonds. The summed E-state index contributed by atoms with van der Waals surface area (Å²) < 4.78 is 2.65. The van der Waals surface area contributed by atoms with Crippen molar-refractivity contribution in [3.05, 3.63) is 39.4 Å². The van der Waals surface area contributed by atoms with Gasteiger partial charge in [0.15, 0.2) is 10.4 Å². The van der Waals surface area contributed by atoms with Crippen LogP contribution in [0.2, 0.25) is 0 Å². The van der Waals surface area contributed by atoms with Gasteiger partial charge in [-0.05, 0) is 42.7 Å². The molecular formula is C11H9N3S2. The molecule has 0 unspecified atom stereocenters. The third-order valence-electron chi connectivity index (χ3n) is 2.44. The Bertz CT molecular complexity index is 692. The van der Waals surface area contributed by atoms with Gasteiger partial charge in [-0.2, -0.15) is 11.3 Å². The maximum atomic E-state index is 5.32. The molecule has 0 aliphatic rings. The van der Waals surface area contributed by atoms with E-state index >= 15 is 0 Å². The first-order valence-electron chi connectivity index (χ1n) is 4.86. The maximum Gasteiger partial charge on any atom is 0.184 e. The van der Waals surface area contributed by atoms with Gasteiger partial charge in [0.05, 0.1) is 11.2 Å². The van der Waals surface area contributed by atoms with E-state index in [4.69, 9.17) is 12.2 Å². The summed E-state index contributed by atoms with van der Waals surface area (Å²) in [5.74, 6) is 0. The summed E-state index contributed by atoms with van der Waals surface area (Å²) in [7, 11) is 0. The van der Waals surface area contributed by atoms with Crippen LogP contribution in [0, 0.1) is 11.7 Å². The number of hydrogen-bond donors (Lipinski definition) is 1. The predicted octanol–water partition coefficient (Wildman–Crippen LogP) is 3.45. The van der Waals surface area contributed by atoms with Crippen LogP contribution in [0.25, 0.3) is 16.9 Å². The van der Waals surface area contributed by atoms with E-state index in [9.17, 15) is 0 Å². The first-order valence-corrected chi connectivity index (χ1v) is 6.22. The topological polar surface area (TPSA) is 33.6 Å². The summed E-state index contributed by atoms with van der Waals surface area (Å²) in [6.45, 7) is 1.98. The Balaban J connectivity index is 2.43. The van der Waals surface area contributed by atoms with Gasteiger partial charge in [0.2, 0.25) is 0 Å². The van der Waals surface area contributed by atoms with Gasteiger partial charge in [-0.1, -0.05) is 0 Å². The molecular weight excluding hydrogens is 238 g/mol. The van der Waals surface area contributed by atoms with E-state index < -0.39 is 0 Å². The predicted molar refractivity (Wildman–Crippen MR) is 68.9 cm³/mol. The van der Waals surface area contributed by atoms with Crippen LogP contribution in [-0.4, -0.2) is 14.5 Å². The van der Waals surface area contributed by atoms with Crippen molar-refractivity contribution in [3.63, 3.8) is 0 Å². The zero-order valence-electron chi connectivity index (χ0n) is 8.60. The van der Waals surface area contributed by atoms with Gasteiger partial charge in [-0.25, -0.2) is 4.98 Å². The van der Waals surface area contributed by atoms with Crippen molar-refractivity contribution in [2.24, 2.45) is 0 Å². The lowest BCUT2D eigenvalue weighted by Gasteiger charge is -2.00. The van der Waals surface area contributed by atoms with Crippen LogP contribution in [-0.2, 0) is 0 Å². The highest BCUT2D eigenvalue weighted by atomic mass is 32.1. The number of aromatic amines is 1. The number of pyridine rings is 1. The summed E-state index contributed by atoms with van der Waals surface area (Å²) in [6.07, 6.45) is 0. The molecule has 0 saturated carbocycles. The van der Waals surface area contributed by atoms with Crippen molar-refractivity contribution < 1.29 is 0 Å². The van der Waals surface area contributed by atoms with Crippen LogP contribution < -0.4 is 0 Å². The first kappa shape index (κ1) is 9.74. The molecule has 16 heavy (non-hydrogen) atoms. The largest absolute Gasteiger partial charge is 0.329 e. The van der Waals surface area contributed by atoms with Crippen molar-refractivity contribution in [3.8, 4) is 5.69 Å². The fourth-order valence-corrected chi connectivity index (χ4v) is 2.62. The number of nitrogens with zero attached hydrogens (tertiary/aromatic N) is 2. The molecule has 0 atom stereocenters. The van der Waals surface area contributed by atoms with E-state index in [1.54, 1.807) is 11.3 Å². The Morgan fingerprint density at radius 1 is 1.38 bits per heavy atom. The van der Waals surface area contributed by atoms with Crippen molar-refractivity contribution in [2.75, 3.05) is 0 Å². The quantitative estimate of drug-likeness (QED) is 0.668. The number of imidazole rings is 1. The van der Waals surface area contributed by atoms with Gasteiger partial charge in [-0.3, -0.25) is 4.57 Å². The number of rotatable bonds is 1. The zero-order chi connectivity index (χ0) is 11.1. The third-order valence-corrected chi connectivity index (χ3v) is 3.39. The first-order chi connectivity index (χ1) is 7.75. The summed E-state index contributed by atoms with van der Waals surface area (Å²) in [5.41, 5.74) is 3.93. The summed E-state index contributed by atoms with van der Waals surface area (Å²) in [4.78, 5) is 7.68. The Labute approximate surface area is 101 Å². The van der Waals surface area contributed by atoms with Crippen molar-refractivity contribution in [2.45, 2.75) is 6.92 Å². The Morgan fingerprint density at radius 3 is 3.00 bits per heavy atom. The second kappa shape index (κ2) is 3.54. The highest BCUT2D eigenvalue weighted by Gasteiger charge is 2.07. The van der Waals surface area contributed by atoms with Gasteiger partial charge in [-0.15, -0.1) is 0 Å². The molecule has 3 aromatic rings. The van der Waals surface area contributed by atoms with E-state index in [2.05, 4.69) is 15.3 Å². The number of aromatic nitrogens is 3. The third kappa shape index (κ3) is 1.40. The number of H-pyrrole nitrogens is 1. The fourth-order valence-electron chi connectivity index (χ4n) is 1.70. The van der Waals surface area contributed by atoms with E-state index in [-0.39, 0.29) is 0 Å². The SMILES string of the molecule is Cc1ccc2[nH]c(=S)n(-c3ccsc3)c2n1. The second-order valence-electron chi connectivity index (χ2n) is 3.57. The fraction of sp³-hybridized carbons (Fsp3) is 0.0909. The lowest BCUT2D eigenvalue weighted by molar-refractivity contribution is 1.04. The average molecular weight is 247 g/mol. The zero-order valence-corrected chi connectivity index (χ0v) is 10.2. The van der Waals surface area contributed by atoms with Gasteiger partial charge in [0.1, 0.15) is 0 Å². The van der Waals surface area contributed by atoms with Crippen molar-refractivity contribution in [1.82, 2.24) is 14.5 Å². The highest BCUT2D eigenvalue weighted by Crippen LogP contribution is 2.19. The van der Waals surface area contributed by atoms with Gasteiger partial charge in [0.25, 0.3) is 0 Å². The lowest BCUT2D eigenvalue weighted by atomic mass is 10.3. The molecule has 0 radical (unpaired) electrons. The number of fused-ring (bicyclic) bond motifs is 1. The standard InChI is InChI=1S/C11H9N3S2/c1-7-2-3-9-10(12-7)14(11(15)13-9)8-4-5-16-6-8/h2-6H,1H3,(H,13,15). The van der Waals surface area contributed by atoms with E-state index in [0.29, 0.717) is 4.77 Å². The Morgan fingerprint density at radius 2 is 2.25 bits per heavy atom. The summed E-state index contributed by atoms with van der Waals surface area (Å²) >= 11 is 6.97. The number of hydrogen-bond acceptors (Lipinski definition) is 3. The summed E-state index contributed by atoms with van der Waals surface area (Å²) in [6, 6.07) is 6.03. The molecule has 5 heteroatoms. The molecule has 3 aromatic heterocycles. The number of aryl methyl sites for hydroxylation is 1. The van der Waals surface area contributed by atoms with E-state index in [1.165, 1.54) is 0 Å². The molecule has 0 saturated heterocycles. The minimum absolute atomic E-state index is 0.687. The highest BCUT2D eigenvalue weighted by molar-refractivity contribution is 7.71. The monoisotopic (exact) mass is 247 g/mol. The van der Waals surface area contributed by atoms with Crippen LogP contribution in [0.5, 0.6) is 0 Å². The molecule has 0 aliphatic heterocycles. The molecule has 3 rings (SSSR count). The molecule has 3 heterocycles. The maximum absolute atomic E-state index is 5.32. The smallest absolute Gasteiger partial charge is 0.184 e. The van der Waals surface area contributed by atoms with Crippen LogP contribution in [0.1, 0.15) is 5.69 Å². The minimum Gasteiger partial charge on any atom is -0.329 e. The minimum atomic E-state index is 0.687. The molecule has 80 valence electrons. The molecule has 0 spiro atoms. The molecule has 0 bridgehead atoms. The van der Waals surface area contributed by atoms with Gasteiger partial charge in [0, 0.05) is 11.1 Å². The Hall–Kier alpha value is -1.46. The second-order valence-corrected chi connectivity index (χ2v) is 4.74. The van der Waals surface area contributed by atoms with Crippen molar-refractivity contribution >= 4 is 34.7 Å². The molecule has 1 N–H and O–H groups in total. The number of nitrogens with one attached hydrogen (secondary N) is 1. The molecule has 0 aromatic carbocycles. The summed E-state index contributed by atoms with van der Waals surface area (Å²) in [5, 5.41) is 4.10. The van der Waals surface area contributed by atoms with Crippen LogP contribution in [0.15, 0.2) is 29.0 Å². The lowest BCUT2D eigenvalue weighted by Crippen LogP contribution is -1.94. The van der Waals surface area contributed by atoms with Crippen LogP contribution in [0.3, 0.4) is 0 Å². The average Bonchev–Trinajstić information content (AvgIpc) is 2.83. The van der Waals surface area contributed by atoms with Gasteiger partial charge >= 0.3 is 0 Å². The van der Waals surface area contributed by atoms with E-state index in [0.717, 1.165) is 22.5 Å².